The Morgan fingerprint density at radius 3 is 2.83 bits per heavy atom. The molecule has 4 heteroatoms. The van der Waals surface area contributed by atoms with Gasteiger partial charge in [-0.1, -0.05) is 0 Å². The summed E-state index contributed by atoms with van der Waals surface area (Å²) in [4.78, 5) is 4.01. The minimum absolute atomic E-state index is 0. The van der Waals surface area contributed by atoms with Gasteiger partial charge in [-0.3, -0.25) is 4.98 Å². The van der Waals surface area contributed by atoms with E-state index >= 15 is 0 Å². The van der Waals surface area contributed by atoms with Gasteiger partial charge in [0.2, 0.25) is 0 Å². The number of aromatic nitrogens is 1. The summed E-state index contributed by atoms with van der Waals surface area (Å²) < 4.78 is 0. The van der Waals surface area contributed by atoms with Crippen molar-refractivity contribution in [3.8, 4) is 6.07 Å². The summed E-state index contributed by atoms with van der Waals surface area (Å²) in [5.41, 5.74) is 6.92. The third-order valence-electron chi connectivity index (χ3n) is 1.38. The maximum atomic E-state index is 8.53. The van der Waals surface area contributed by atoms with Crippen LogP contribution in [-0.4, -0.2) is 4.98 Å². The normalized spacial score (nSPS) is 11.1. The average molecular weight is 184 g/mol. The summed E-state index contributed by atoms with van der Waals surface area (Å²) in [6.45, 7) is 1.84. The van der Waals surface area contributed by atoms with Crippen molar-refractivity contribution in [1.29, 1.82) is 5.26 Å². The molecule has 0 radical (unpaired) electrons. The molecule has 0 aliphatic heterocycles. The number of nitriles is 1. The Bertz CT molecular complexity index is 291. The summed E-state index contributed by atoms with van der Waals surface area (Å²) in [6, 6.07) is 5.28. The Morgan fingerprint density at radius 2 is 2.33 bits per heavy atom. The summed E-state index contributed by atoms with van der Waals surface area (Å²) in [7, 11) is 0. The predicted octanol–water partition coefficient (Wildman–Crippen LogP) is 1.39. The van der Waals surface area contributed by atoms with Crippen LogP contribution in [0, 0.1) is 11.3 Å². The average Bonchev–Trinajstić information content (AvgIpc) is 2.05. The van der Waals surface area contributed by atoms with Crippen molar-refractivity contribution in [2.24, 2.45) is 5.73 Å². The van der Waals surface area contributed by atoms with Gasteiger partial charge in [0, 0.05) is 12.2 Å². The molecule has 1 atom stereocenters. The molecule has 1 aromatic heterocycles. The highest BCUT2D eigenvalue weighted by Gasteiger charge is 2.00. The van der Waals surface area contributed by atoms with Gasteiger partial charge in [0.25, 0.3) is 0 Å². The molecule has 2 N–H and O–H groups in total. The van der Waals surface area contributed by atoms with E-state index < -0.39 is 0 Å². The van der Waals surface area contributed by atoms with Crippen molar-refractivity contribution in [2.45, 2.75) is 13.0 Å². The zero-order valence-electron chi connectivity index (χ0n) is 6.69. The van der Waals surface area contributed by atoms with Gasteiger partial charge in [0.15, 0.2) is 0 Å². The maximum absolute atomic E-state index is 8.53. The van der Waals surface area contributed by atoms with E-state index in [1.54, 1.807) is 18.3 Å². The molecule has 1 rings (SSSR count). The number of hydrogen-bond donors (Lipinski definition) is 1. The second-order valence-corrected chi connectivity index (χ2v) is 2.37. The first-order chi connectivity index (χ1) is 5.24. The molecule has 3 nitrogen and oxygen atoms in total. The van der Waals surface area contributed by atoms with Gasteiger partial charge in [-0.25, -0.2) is 0 Å². The Morgan fingerprint density at radius 1 is 1.67 bits per heavy atom. The quantitative estimate of drug-likeness (QED) is 0.716. The fourth-order valence-electron chi connectivity index (χ4n) is 0.767. The molecular weight excluding hydrogens is 174 g/mol. The molecule has 0 aliphatic carbocycles. The van der Waals surface area contributed by atoms with E-state index in [1.165, 1.54) is 0 Å². The standard InChI is InChI=1S/C8H9N3.ClH/c1-6(10)8-4-7(5-9)2-3-11-8;/h2-4,6H,10H2,1H3;1H. The van der Waals surface area contributed by atoms with Crippen molar-refractivity contribution < 1.29 is 0 Å². The first-order valence-electron chi connectivity index (χ1n) is 3.35. The summed E-state index contributed by atoms with van der Waals surface area (Å²) >= 11 is 0. The molecule has 12 heavy (non-hydrogen) atoms. The van der Waals surface area contributed by atoms with Crippen LogP contribution in [0.25, 0.3) is 0 Å². The second kappa shape index (κ2) is 4.70. The smallest absolute Gasteiger partial charge is 0.0992 e. The van der Waals surface area contributed by atoms with E-state index in [0.29, 0.717) is 5.56 Å². The largest absolute Gasteiger partial charge is 0.323 e. The Balaban J connectivity index is 0.00000121. The van der Waals surface area contributed by atoms with Crippen LogP contribution in [0.4, 0.5) is 0 Å². The van der Waals surface area contributed by atoms with Crippen LogP contribution in [0.3, 0.4) is 0 Å². The van der Waals surface area contributed by atoms with Gasteiger partial charge in [-0.15, -0.1) is 12.4 Å². The van der Waals surface area contributed by atoms with Crippen LogP contribution in [0.5, 0.6) is 0 Å². The second-order valence-electron chi connectivity index (χ2n) is 2.37. The monoisotopic (exact) mass is 183 g/mol. The van der Waals surface area contributed by atoms with E-state index in [9.17, 15) is 0 Å². The van der Waals surface area contributed by atoms with E-state index in [4.69, 9.17) is 11.0 Å². The zero-order valence-corrected chi connectivity index (χ0v) is 7.51. The molecular formula is C8H10ClN3. The first kappa shape index (κ1) is 10.9. The third-order valence-corrected chi connectivity index (χ3v) is 1.38. The lowest BCUT2D eigenvalue weighted by Crippen LogP contribution is -2.06. The highest BCUT2D eigenvalue weighted by Crippen LogP contribution is 2.06. The van der Waals surface area contributed by atoms with Gasteiger partial charge < -0.3 is 5.73 Å². The summed E-state index contributed by atoms with van der Waals surface area (Å²) in [6.07, 6.45) is 1.59. The lowest BCUT2D eigenvalue weighted by atomic mass is 10.2. The van der Waals surface area contributed by atoms with Crippen LogP contribution in [0.1, 0.15) is 24.2 Å². The molecule has 0 amide bonds. The molecule has 0 aliphatic rings. The molecule has 1 unspecified atom stereocenters. The molecule has 0 bridgehead atoms. The fourth-order valence-corrected chi connectivity index (χ4v) is 0.767. The van der Waals surface area contributed by atoms with Crippen molar-refractivity contribution in [3.05, 3.63) is 29.6 Å². The lowest BCUT2D eigenvalue weighted by Gasteiger charge is -2.02. The Hall–Kier alpha value is -1.11. The van der Waals surface area contributed by atoms with Crippen LogP contribution in [-0.2, 0) is 0 Å². The molecule has 0 spiro atoms. The number of nitrogens with zero attached hydrogens (tertiary/aromatic N) is 2. The minimum Gasteiger partial charge on any atom is -0.323 e. The molecule has 0 saturated heterocycles. The Labute approximate surface area is 77.6 Å². The number of hydrogen-bond acceptors (Lipinski definition) is 3. The van der Waals surface area contributed by atoms with E-state index in [2.05, 4.69) is 4.98 Å². The van der Waals surface area contributed by atoms with Gasteiger partial charge >= 0.3 is 0 Å². The maximum Gasteiger partial charge on any atom is 0.0992 e. The van der Waals surface area contributed by atoms with Gasteiger partial charge in [0.1, 0.15) is 0 Å². The van der Waals surface area contributed by atoms with Crippen LogP contribution >= 0.6 is 12.4 Å². The van der Waals surface area contributed by atoms with Crippen LogP contribution in [0.2, 0.25) is 0 Å². The number of rotatable bonds is 1. The van der Waals surface area contributed by atoms with E-state index in [-0.39, 0.29) is 18.4 Å². The SMILES string of the molecule is CC(N)c1cc(C#N)ccn1.Cl. The molecule has 0 fully saturated rings. The fraction of sp³-hybridized carbons (Fsp3) is 0.250. The van der Waals surface area contributed by atoms with E-state index in [0.717, 1.165) is 5.69 Å². The van der Waals surface area contributed by atoms with Crippen molar-refractivity contribution >= 4 is 12.4 Å². The molecule has 1 aromatic rings. The highest BCUT2D eigenvalue weighted by atomic mass is 35.5. The number of pyridine rings is 1. The molecule has 0 aromatic carbocycles. The number of halogens is 1. The summed E-state index contributed by atoms with van der Waals surface area (Å²) in [5.74, 6) is 0. The minimum atomic E-state index is -0.108. The molecule has 0 saturated carbocycles. The van der Waals surface area contributed by atoms with Crippen molar-refractivity contribution in [2.75, 3.05) is 0 Å². The van der Waals surface area contributed by atoms with Crippen molar-refractivity contribution in [3.63, 3.8) is 0 Å². The first-order valence-corrected chi connectivity index (χ1v) is 3.35. The van der Waals surface area contributed by atoms with E-state index in [1.807, 2.05) is 13.0 Å². The third kappa shape index (κ3) is 2.50. The van der Waals surface area contributed by atoms with Crippen LogP contribution in [0.15, 0.2) is 18.3 Å². The molecule has 1 heterocycles. The molecule has 64 valence electrons. The predicted molar refractivity (Wildman–Crippen MR) is 48.8 cm³/mol. The zero-order chi connectivity index (χ0) is 8.27. The number of nitrogens with two attached hydrogens (primary N) is 1. The topological polar surface area (TPSA) is 62.7 Å². The Kier molecular flexibility index (Phi) is 4.27. The van der Waals surface area contributed by atoms with Crippen LogP contribution < -0.4 is 5.73 Å². The summed E-state index contributed by atoms with van der Waals surface area (Å²) in [5, 5.41) is 8.53. The van der Waals surface area contributed by atoms with Crippen molar-refractivity contribution in [1.82, 2.24) is 4.98 Å². The lowest BCUT2D eigenvalue weighted by molar-refractivity contribution is 0.780. The van der Waals surface area contributed by atoms with Gasteiger partial charge in [-0.05, 0) is 19.1 Å². The van der Waals surface area contributed by atoms with Gasteiger partial charge in [0.05, 0.1) is 17.3 Å². The highest BCUT2D eigenvalue weighted by molar-refractivity contribution is 5.85. The van der Waals surface area contributed by atoms with Gasteiger partial charge in [-0.2, -0.15) is 5.26 Å².